The van der Waals surface area contributed by atoms with Crippen molar-refractivity contribution >= 4 is 0 Å². The Morgan fingerprint density at radius 1 is 1.64 bits per heavy atom. The number of nitrogens with zero attached hydrogens (tertiary/aromatic N) is 1. The summed E-state index contributed by atoms with van der Waals surface area (Å²) >= 11 is 0. The molecule has 0 aliphatic rings. The van der Waals surface area contributed by atoms with Gasteiger partial charge in [0.1, 0.15) is 5.75 Å². The number of rotatable bonds is 3. The van der Waals surface area contributed by atoms with Gasteiger partial charge in [0, 0.05) is 12.1 Å². The number of hydrogen-bond donors (Lipinski definition) is 0. The third-order valence-corrected chi connectivity index (χ3v) is 1.28. The standard InChI is InChI=1S/C8H9FNO/c1-11-8-3-2-7(4-5-9)10-6-8/h2-4,6H,5H2,1H3. The van der Waals surface area contributed by atoms with Crippen LogP contribution in [-0.4, -0.2) is 18.8 Å². The highest BCUT2D eigenvalue weighted by Crippen LogP contribution is 2.08. The van der Waals surface area contributed by atoms with Crippen molar-refractivity contribution in [2.45, 2.75) is 0 Å². The molecule has 1 radical (unpaired) electrons. The van der Waals surface area contributed by atoms with E-state index in [9.17, 15) is 4.39 Å². The molecular formula is C8H9FNO. The van der Waals surface area contributed by atoms with Gasteiger partial charge in [0.05, 0.1) is 20.0 Å². The zero-order valence-corrected chi connectivity index (χ0v) is 6.25. The third-order valence-electron chi connectivity index (χ3n) is 1.28. The first-order valence-corrected chi connectivity index (χ1v) is 3.26. The highest BCUT2D eigenvalue weighted by atomic mass is 19.1. The van der Waals surface area contributed by atoms with E-state index in [0.29, 0.717) is 11.4 Å². The van der Waals surface area contributed by atoms with Crippen LogP contribution in [0.1, 0.15) is 5.69 Å². The number of pyridine rings is 1. The number of hydrogen-bond acceptors (Lipinski definition) is 2. The average Bonchev–Trinajstić information content (AvgIpc) is 2.07. The maximum absolute atomic E-state index is 11.7. The molecule has 0 amide bonds. The molecule has 0 fully saturated rings. The SMILES string of the molecule is COc1ccc([CH]CF)nc1. The smallest absolute Gasteiger partial charge is 0.137 e. The zero-order chi connectivity index (χ0) is 8.10. The van der Waals surface area contributed by atoms with E-state index in [-0.39, 0.29) is 0 Å². The van der Waals surface area contributed by atoms with Crippen LogP contribution in [0.15, 0.2) is 18.3 Å². The van der Waals surface area contributed by atoms with Gasteiger partial charge in [-0.25, -0.2) is 0 Å². The molecule has 11 heavy (non-hydrogen) atoms. The molecule has 0 aliphatic carbocycles. The second kappa shape index (κ2) is 3.91. The van der Waals surface area contributed by atoms with Crippen molar-refractivity contribution in [2.75, 3.05) is 13.8 Å². The van der Waals surface area contributed by atoms with Gasteiger partial charge in [-0.15, -0.1) is 0 Å². The third kappa shape index (κ3) is 2.18. The molecule has 0 saturated heterocycles. The molecule has 0 N–H and O–H groups in total. The van der Waals surface area contributed by atoms with Gasteiger partial charge in [0.25, 0.3) is 0 Å². The summed E-state index contributed by atoms with van der Waals surface area (Å²) in [5, 5.41) is 0. The molecule has 59 valence electrons. The lowest BCUT2D eigenvalue weighted by atomic mass is 10.3. The van der Waals surface area contributed by atoms with E-state index in [2.05, 4.69) is 4.98 Å². The molecule has 1 rings (SSSR count). The fourth-order valence-corrected chi connectivity index (χ4v) is 0.712. The van der Waals surface area contributed by atoms with Crippen molar-refractivity contribution in [1.82, 2.24) is 4.98 Å². The van der Waals surface area contributed by atoms with E-state index >= 15 is 0 Å². The van der Waals surface area contributed by atoms with Gasteiger partial charge < -0.3 is 4.74 Å². The predicted octanol–water partition coefficient (Wildman–Crippen LogP) is 1.61. The Bertz CT molecular complexity index is 210. The van der Waals surface area contributed by atoms with Crippen molar-refractivity contribution in [3.05, 3.63) is 30.4 Å². The first kappa shape index (κ1) is 7.98. The molecule has 1 aromatic rings. The molecule has 3 heteroatoms. The van der Waals surface area contributed by atoms with Crippen molar-refractivity contribution in [2.24, 2.45) is 0 Å². The summed E-state index contributed by atoms with van der Waals surface area (Å²) in [4.78, 5) is 3.92. The first-order chi connectivity index (χ1) is 5.36. The van der Waals surface area contributed by atoms with Gasteiger partial charge in [-0.2, -0.15) is 0 Å². The average molecular weight is 154 g/mol. The summed E-state index contributed by atoms with van der Waals surface area (Å²) in [6, 6.07) is 3.45. The summed E-state index contributed by atoms with van der Waals surface area (Å²) in [7, 11) is 1.57. The highest BCUT2D eigenvalue weighted by Gasteiger charge is 1.94. The van der Waals surface area contributed by atoms with Crippen LogP contribution in [0.3, 0.4) is 0 Å². The topological polar surface area (TPSA) is 22.1 Å². The van der Waals surface area contributed by atoms with Crippen molar-refractivity contribution in [1.29, 1.82) is 0 Å². The summed E-state index contributed by atoms with van der Waals surface area (Å²) in [5.41, 5.74) is 0.633. The molecule has 1 heterocycles. The Morgan fingerprint density at radius 2 is 2.45 bits per heavy atom. The van der Waals surface area contributed by atoms with E-state index in [1.165, 1.54) is 6.42 Å². The van der Waals surface area contributed by atoms with Crippen LogP contribution in [0.2, 0.25) is 0 Å². The van der Waals surface area contributed by atoms with E-state index in [1.807, 2.05) is 0 Å². The second-order valence-corrected chi connectivity index (χ2v) is 1.98. The van der Waals surface area contributed by atoms with E-state index < -0.39 is 6.67 Å². The zero-order valence-electron chi connectivity index (χ0n) is 6.25. The Morgan fingerprint density at radius 3 is 2.91 bits per heavy atom. The van der Waals surface area contributed by atoms with Gasteiger partial charge in [0.15, 0.2) is 0 Å². The Kier molecular flexibility index (Phi) is 2.83. The quantitative estimate of drug-likeness (QED) is 0.659. The molecule has 2 nitrogen and oxygen atoms in total. The van der Waals surface area contributed by atoms with Gasteiger partial charge in [-0.05, 0) is 12.1 Å². The lowest BCUT2D eigenvalue weighted by Crippen LogP contribution is -1.89. The minimum Gasteiger partial charge on any atom is -0.495 e. The van der Waals surface area contributed by atoms with E-state index in [1.54, 1.807) is 25.4 Å². The van der Waals surface area contributed by atoms with Gasteiger partial charge in [0.2, 0.25) is 0 Å². The Hall–Kier alpha value is -1.12. The summed E-state index contributed by atoms with van der Waals surface area (Å²) in [5.74, 6) is 0.681. The summed E-state index contributed by atoms with van der Waals surface area (Å²) in [6.45, 7) is -0.487. The maximum atomic E-state index is 11.7. The van der Waals surface area contributed by atoms with Crippen molar-refractivity contribution < 1.29 is 9.13 Å². The molecular weight excluding hydrogens is 145 g/mol. The van der Waals surface area contributed by atoms with Gasteiger partial charge in [-0.1, -0.05) is 0 Å². The molecule has 0 aromatic carbocycles. The van der Waals surface area contributed by atoms with Crippen LogP contribution < -0.4 is 4.74 Å². The number of halogens is 1. The van der Waals surface area contributed by atoms with Gasteiger partial charge in [-0.3, -0.25) is 9.37 Å². The van der Waals surface area contributed by atoms with Crippen LogP contribution in [-0.2, 0) is 0 Å². The minimum absolute atomic E-state index is 0.487. The van der Waals surface area contributed by atoms with Crippen molar-refractivity contribution in [3.63, 3.8) is 0 Å². The lowest BCUT2D eigenvalue weighted by molar-refractivity contribution is 0.412. The molecule has 0 bridgehead atoms. The van der Waals surface area contributed by atoms with Crippen LogP contribution in [0.4, 0.5) is 4.39 Å². The predicted molar refractivity (Wildman–Crippen MR) is 40.2 cm³/mol. The minimum atomic E-state index is -0.487. The van der Waals surface area contributed by atoms with Crippen LogP contribution in [0, 0.1) is 6.42 Å². The van der Waals surface area contributed by atoms with E-state index in [4.69, 9.17) is 4.74 Å². The van der Waals surface area contributed by atoms with E-state index in [0.717, 1.165) is 0 Å². The fourth-order valence-electron chi connectivity index (χ4n) is 0.712. The van der Waals surface area contributed by atoms with Gasteiger partial charge >= 0.3 is 0 Å². The Balaban J connectivity index is 2.66. The van der Waals surface area contributed by atoms with Crippen LogP contribution >= 0.6 is 0 Å². The fraction of sp³-hybridized carbons (Fsp3) is 0.250. The highest BCUT2D eigenvalue weighted by molar-refractivity contribution is 5.23. The largest absolute Gasteiger partial charge is 0.495 e. The summed E-state index contributed by atoms with van der Waals surface area (Å²) in [6.07, 6.45) is 2.96. The monoisotopic (exact) mass is 154 g/mol. The number of alkyl halides is 1. The lowest BCUT2D eigenvalue weighted by Gasteiger charge is -1.98. The molecule has 0 atom stereocenters. The molecule has 0 spiro atoms. The van der Waals surface area contributed by atoms with Crippen LogP contribution in [0.5, 0.6) is 5.75 Å². The molecule has 0 unspecified atom stereocenters. The Labute approximate surface area is 65.0 Å². The molecule has 1 aromatic heterocycles. The number of aromatic nitrogens is 1. The molecule has 0 saturated carbocycles. The van der Waals surface area contributed by atoms with Crippen LogP contribution in [0.25, 0.3) is 0 Å². The number of methoxy groups -OCH3 is 1. The van der Waals surface area contributed by atoms with Crippen molar-refractivity contribution in [3.8, 4) is 5.75 Å². The number of ether oxygens (including phenoxy) is 1. The maximum Gasteiger partial charge on any atom is 0.137 e. The summed E-state index contributed by atoms with van der Waals surface area (Å²) < 4.78 is 16.6. The second-order valence-electron chi connectivity index (χ2n) is 1.98. The first-order valence-electron chi connectivity index (χ1n) is 3.26. The molecule has 0 aliphatic heterocycles. The normalized spacial score (nSPS) is 9.64.